The molecule has 0 saturated carbocycles. The second-order valence-electron chi connectivity index (χ2n) is 4.73. The van der Waals surface area contributed by atoms with Gasteiger partial charge in [-0.1, -0.05) is 41.9 Å². The van der Waals surface area contributed by atoms with Crippen LogP contribution in [0, 0.1) is 0 Å². The molecule has 6 heteroatoms. The SMILES string of the molecule is COC(=O)c1c(NC(=O)c2ccccc2Cl)sc2ccccc12. The van der Waals surface area contributed by atoms with E-state index in [1.165, 1.54) is 18.4 Å². The van der Waals surface area contributed by atoms with Gasteiger partial charge in [0.05, 0.1) is 17.7 Å². The summed E-state index contributed by atoms with van der Waals surface area (Å²) in [4.78, 5) is 24.5. The number of amides is 1. The predicted octanol–water partition coefficient (Wildman–Crippen LogP) is 4.59. The Kier molecular flexibility index (Phi) is 4.32. The number of esters is 1. The molecule has 0 radical (unpaired) electrons. The lowest BCUT2D eigenvalue weighted by molar-refractivity contribution is 0.0604. The Labute approximate surface area is 141 Å². The van der Waals surface area contributed by atoms with Crippen molar-refractivity contribution in [3.8, 4) is 0 Å². The van der Waals surface area contributed by atoms with Crippen molar-refractivity contribution in [1.29, 1.82) is 0 Å². The molecule has 23 heavy (non-hydrogen) atoms. The molecule has 0 spiro atoms. The first-order valence-corrected chi connectivity index (χ1v) is 7.97. The van der Waals surface area contributed by atoms with Gasteiger partial charge in [0.1, 0.15) is 10.6 Å². The van der Waals surface area contributed by atoms with E-state index in [-0.39, 0.29) is 5.91 Å². The molecule has 116 valence electrons. The Morgan fingerprint density at radius 1 is 1.09 bits per heavy atom. The first-order valence-electron chi connectivity index (χ1n) is 6.77. The van der Waals surface area contributed by atoms with E-state index >= 15 is 0 Å². The quantitative estimate of drug-likeness (QED) is 0.706. The largest absolute Gasteiger partial charge is 0.465 e. The highest BCUT2D eigenvalue weighted by Gasteiger charge is 2.21. The van der Waals surface area contributed by atoms with E-state index in [2.05, 4.69) is 5.32 Å². The fourth-order valence-corrected chi connectivity index (χ4v) is 3.56. The van der Waals surface area contributed by atoms with Gasteiger partial charge < -0.3 is 10.1 Å². The van der Waals surface area contributed by atoms with E-state index in [0.29, 0.717) is 21.2 Å². The van der Waals surface area contributed by atoms with Crippen LogP contribution >= 0.6 is 22.9 Å². The van der Waals surface area contributed by atoms with Crippen molar-refractivity contribution in [2.24, 2.45) is 0 Å². The summed E-state index contributed by atoms with van der Waals surface area (Å²) in [7, 11) is 1.31. The van der Waals surface area contributed by atoms with Gasteiger partial charge in [0.15, 0.2) is 0 Å². The van der Waals surface area contributed by atoms with E-state index in [1.54, 1.807) is 24.3 Å². The molecule has 3 aromatic rings. The average molecular weight is 346 g/mol. The summed E-state index contributed by atoms with van der Waals surface area (Å²) < 4.78 is 5.74. The number of benzene rings is 2. The number of carbonyl (C=O) groups is 2. The fraction of sp³-hybridized carbons (Fsp3) is 0.0588. The lowest BCUT2D eigenvalue weighted by Gasteiger charge is -2.07. The van der Waals surface area contributed by atoms with Gasteiger partial charge in [-0.25, -0.2) is 4.79 Å². The minimum absolute atomic E-state index is 0.349. The van der Waals surface area contributed by atoms with Gasteiger partial charge in [0.25, 0.3) is 5.91 Å². The molecular formula is C17H12ClNO3S. The van der Waals surface area contributed by atoms with Crippen LogP contribution in [0.15, 0.2) is 48.5 Å². The van der Waals surface area contributed by atoms with E-state index in [9.17, 15) is 9.59 Å². The minimum atomic E-state index is -0.489. The second kappa shape index (κ2) is 6.40. The monoisotopic (exact) mass is 345 g/mol. The van der Waals surface area contributed by atoms with Gasteiger partial charge >= 0.3 is 5.97 Å². The number of nitrogens with one attached hydrogen (secondary N) is 1. The normalized spacial score (nSPS) is 10.5. The third-order valence-corrected chi connectivity index (χ3v) is 4.75. The minimum Gasteiger partial charge on any atom is -0.465 e. The molecule has 0 aliphatic heterocycles. The van der Waals surface area contributed by atoms with Crippen molar-refractivity contribution in [3.05, 3.63) is 64.7 Å². The number of halogens is 1. The summed E-state index contributed by atoms with van der Waals surface area (Å²) in [5.74, 6) is -0.857. The summed E-state index contributed by atoms with van der Waals surface area (Å²) >= 11 is 7.37. The molecule has 2 aromatic carbocycles. The van der Waals surface area contributed by atoms with Crippen LogP contribution in [0.1, 0.15) is 20.7 Å². The third kappa shape index (κ3) is 2.93. The Morgan fingerprint density at radius 2 is 1.78 bits per heavy atom. The first kappa shape index (κ1) is 15.5. The molecule has 0 aliphatic rings. The van der Waals surface area contributed by atoms with Crippen LogP contribution in [0.3, 0.4) is 0 Å². The number of methoxy groups -OCH3 is 1. The van der Waals surface area contributed by atoms with Crippen LogP contribution in [-0.2, 0) is 4.74 Å². The molecule has 0 atom stereocenters. The van der Waals surface area contributed by atoms with Crippen molar-refractivity contribution >= 4 is 49.9 Å². The highest BCUT2D eigenvalue weighted by Crippen LogP contribution is 2.36. The maximum Gasteiger partial charge on any atom is 0.341 e. The molecule has 1 amide bonds. The summed E-state index contributed by atoms with van der Waals surface area (Å²) in [6.45, 7) is 0. The number of carbonyl (C=O) groups excluding carboxylic acids is 2. The average Bonchev–Trinajstić information content (AvgIpc) is 2.92. The standard InChI is InChI=1S/C17H12ClNO3S/c1-22-17(21)14-11-7-3-5-9-13(11)23-16(14)19-15(20)10-6-2-4-8-12(10)18/h2-9H,1H3,(H,19,20). The number of ether oxygens (including phenoxy) is 1. The third-order valence-electron chi connectivity index (χ3n) is 3.33. The summed E-state index contributed by atoms with van der Waals surface area (Å²) in [5, 5.41) is 4.32. The van der Waals surface area contributed by atoms with Gasteiger partial charge in [0.2, 0.25) is 0 Å². The Morgan fingerprint density at radius 3 is 2.52 bits per heavy atom. The predicted molar refractivity (Wildman–Crippen MR) is 92.6 cm³/mol. The van der Waals surface area contributed by atoms with Crippen LogP contribution in [-0.4, -0.2) is 19.0 Å². The maximum absolute atomic E-state index is 12.4. The van der Waals surface area contributed by atoms with Crippen molar-refractivity contribution in [2.45, 2.75) is 0 Å². The van der Waals surface area contributed by atoms with Crippen molar-refractivity contribution in [3.63, 3.8) is 0 Å². The number of thiophene rings is 1. The zero-order chi connectivity index (χ0) is 16.4. The lowest BCUT2D eigenvalue weighted by atomic mass is 10.1. The van der Waals surface area contributed by atoms with Crippen molar-refractivity contribution in [1.82, 2.24) is 0 Å². The number of hydrogen-bond acceptors (Lipinski definition) is 4. The summed E-state index contributed by atoms with van der Waals surface area (Å²) in [6.07, 6.45) is 0. The molecule has 1 N–H and O–H groups in total. The van der Waals surface area contributed by atoms with Gasteiger partial charge in [0, 0.05) is 10.1 Å². The molecule has 0 aliphatic carbocycles. The fourth-order valence-electron chi connectivity index (χ4n) is 2.25. The Balaban J connectivity index is 2.04. The van der Waals surface area contributed by atoms with Gasteiger partial charge in [-0.15, -0.1) is 11.3 Å². The molecular weight excluding hydrogens is 334 g/mol. The lowest BCUT2D eigenvalue weighted by Crippen LogP contribution is -2.14. The first-order chi connectivity index (χ1) is 11.1. The van der Waals surface area contributed by atoms with Crippen LogP contribution < -0.4 is 5.32 Å². The molecule has 4 nitrogen and oxygen atoms in total. The topological polar surface area (TPSA) is 55.4 Å². The molecule has 0 bridgehead atoms. The second-order valence-corrected chi connectivity index (χ2v) is 6.19. The summed E-state index contributed by atoms with van der Waals surface area (Å²) in [5.41, 5.74) is 0.705. The maximum atomic E-state index is 12.4. The smallest absolute Gasteiger partial charge is 0.341 e. The van der Waals surface area contributed by atoms with E-state index in [1.807, 2.05) is 24.3 Å². The molecule has 3 rings (SSSR count). The van der Waals surface area contributed by atoms with Crippen LogP contribution in [0.25, 0.3) is 10.1 Å². The molecule has 0 saturated heterocycles. The van der Waals surface area contributed by atoms with Gasteiger partial charge in [-0.05, 0) is 18.2 Å². The molecule has 0 fully saturated rings. The Bertz CT molecular complexity index is 904. The molecule has 1 heterocycles. The van der Waals surface area contributed by atoms with Crippen molar-refractivity contribution < 1.29 is 14.3 Å². The highest BCUT2D eigenvalue weighted by molar-refractivity contribution is 7.23. The van der Waals surface area contributed by atoms with Gasteiger partial charge in [-0.3, -0.25) is 4.79 Å². The Hall–Kier alpha value is -2.37. The van der Waals surface area contributed by atoms with E-state index in [0.717, 1.165) is 10.1 Å². The zero-order valence-electron chi connectivity index (χ0n) is 12.1. The van der Waals surface area contributed by atoms with E-state index in [4.69, 9.17) is 16.3 Å². The van der Waals surface area contributed by atoms with Crippen LogP contribution in [0.4, 0.5) is 5.00 Å². The van der Waals surface area contributed by atoms with Crippen LogP contribution in [0.2, 0.25) is 5.02 Å². The van der Waals surface area contributed by atoms with E-state index < -0.39 is 5.97 Å². The van der Waals surface area contributed by atoms with Crippen LogP contribution in [0.5, 0.6) is 0 Å². The number of rotatable bonds is 3. The number of hydrogen-bond donors (Lipinski definition) is 1. The van der Waals surface area contributed by atoms with Gasteiger partial charge in [-0.2, -0.15) is 0 Å². The highest BCUT2D eigenvalue weighted by atomic mass is 35.5. The number of anilines is 1. The zero-order valence-corrected chi connectivity index (χ0v) is 13.7. The molecule has 1 aromatic heterocycles. The molecule has 0 unspecified atom stereocenters. The summed E-state index contributed by atoms with van der Waals surface area (Å²) in [6, 6.07) is 14.2. The number of fused-ring (bicyclic) bond motifs is 1. The van der Waals surface area contributed by atoms with Crippen molar-refractivity contribution in [2.75, 3.05) is 12.4 Å².